The first kappa shape index (κ1) is 32.0. The monoisotopic (exact) mass is 599 g/mol. The lowest BCUT2D eigenvalue weighted by Gasteiger charge is -2.34. The molecule has 0 saturated heterocycles. The van der Waals surface area contributed by atoms with Gasteiger partial charge in [-0.3, -0.25) is 13.9 Å². The van der Waals surface area contributed by atoms with Crippen LogP contribution in [-0.4, -0.2) is 50.9 Å². The topological polar surface area (TPSA) is 96.0 Å². The second kappa shape index (κ2) is 14.4. The predicted molar refractivity (Wildman–Crippen MR) is 163 cm³/mol. The summed E-state index contributed by atoms with van der Waals surface area (Å²) < 4.78 is 34.2. The van der Waals surface area contributed by atoms with Crippen molar-refractivity contribution in [3.63, 3.8) is 0 Å². The summed E-state index contributed by atoms with van der Waals surface area (Å²) in [7, 11) is -2.63. The summed E-state index contributed by atoms with van der Waals surface area (Å²) >= 11 is 6.47. The summed E-state index contributed by atoms with van der Waals surface area (Å²) in [6.45, 7) is 7.08. The molecule has 1 N–H and O–H groups in total. The number of carbonyl (C=O) groups is 2. The van der Waals surface area contributed by atoms with Crippen LogP contribution in [-0.2, 0) is 26.2 Å². The van der Waals surface area contributed by atoms with E-state index in [4.69, 9.17) is 16.3 Å². The number of aryl methyl sites for hydroxylation is 1. The summed E-state index contributed by atoms with van der Waals surface area (Å²) in [4.78, 5) is 29.0. The van der Waals surface area contributed by atoms with Crippen molar-refractivity contribution < 1.29 is 22.7 Å². The van der Waals surface area contributed by atoms with Gasteiger partial charge < -0.3 is 15.0 Å². The third-order valence-electron chi connectivity index (χ3n) is 6.91. The van der Waals surface area contributed by atoms with Crippen LogP contribution in [0.15, 0.2) is 77.7 Å². The van der Waals surface area contributed by atoms with Crippen molar-refractivity contribution >= 4 is 39.1 Å². The van der Waals surface area contributed by atoms with E-state index in [9.17, 15) is 18.0 Å². The first-order valence-electron chi connectivity index (χ1n) is 13.6. The summed E-state index contributed by atoms with van der Waals surface area (Å²) in [6.07, 6.45) is 1.06. The number of para-hydroxylation sites is 1. The van der Waals surface area contributed by atoms with Crippen LogP contribution in [0.4, 0.5) is 5.69 Å². The molecule has 41 heavy (non-hydrogen) atoms. The number of nitrogens with zero attached hydrogens (tertiary/aromatic N) is 2. The van der Waals surface area contributed by atoms with Gasteiger partial charge in [0.25, 0.3) is 10.0 Å². The fourth-order valence-electron chi connectivity index (χ4n) is 4.29. The number of anilines is 1. The van der Waals surface area contributed by atoms with Gasteiger partial charge >= 0.3 is 0 Å². The third-order valence-corrected chi connectivity index (χ3v) is 9.00. The van der Waals surface area contributed by atoms with Crippen molar-refractivity contribution in [2.45, 2.75) is 64.1 Å². The van der Waals surface area contributed by atoms with Gasteiger partial charge in [0.2, 0.25) is 11.8 Å². The van der Waals surface area contributed by atoms with Gasteiger partial charge in [-0.15, -0.1) is 0 Å². The van der Waals surface area contributed by atoms with E-state index in [0.717, 1.165) is 21.9 Å². The Kier molecular flexibility index (Phi) is 11.2. The average molecular weight is 600 g/mol. The average Bonchev–Trinajstić information content (AvgIpc) is 2.96. The van der Waals surface area contributed by atoms with Gasteiger partial charge in [0.15, 0.2) is 0 Å². The third kappa shape index (κ3) is 8.01. The molecule has 0 spiro atoms. The summed E-state index contributed by atoms with van der Waals surface area (Å²) in [5.41, 5.74) is 1.83. The number of methoxy groups -OCH3 is 1. The zero-order valence-corrected chi connectivity index (χ0v) is 25.7. The molecule has 3 aromatic rings. The number of carbonyl (C=O) groups excluding carboxylic acids is 2. The van der Waals surface area contributed by atoms with E-state index in [1.807, 2.05) is 39.8 Å². The molecule has 0 aliphatic carbocycles. The van der Waals surface area contributed by atoms with E-state index in [1.54, 1.807) is 55.6 Å². The van der Waals surface area contributed by atoms with Crippen molar-refractivity contribution in [2.24, 2.45) is 0 Å². The lowest BCUT2D eigenvalue weighted by Crippen LogP contribution is -2.53. The molecule has 2 unspecified atom stereocenters. The van der Waals surface area contributed by atoms with Crippen molar-refractivity contribution in [1.82, 2.24) is 10.2 Å². The molecule has 3 rings (SSSR count). The van der Waals surface area contributed by atoms with Gasteiger partial charge in [-0.25, -0.2) is 8.42 Å². The minimum absolute atomic E-state index is 0.0269. The number of halogens is 1. The molecule has 0 aromatic heterocycles. The van der Waals surface area contributed by atoms with E-state index >= 15 is 0 Å². The van der Waals surface area contributed by atoms with Crippen molar-refractivity contribution in [3.8, 4) is 5.75 Å². The lowest BCUT2D eigenvalue weighted by molar-refractivity contribution is -0.140. The van der Waals surface area contributed by atoms with Crippen LogP contribution >= 0.6 is 11.6 Å². The smallest absolute Gasteiger partial charge is 0.264 e. The number of hydrogen-bond acceptors (Lipinski definition) is 5. The Morgan fingerprint density at radius 1 is 0.951 bits per heavy atom. The fourth-order valence-corrected chi connectivity index (χ4v) is 6.01. The SMILES string of the molecule is CCC(C)NC(=O)C(CC)N(Cc1ccc(OC)cc1)C(=O)CN(c1ccccc1Cl)S(=O)(=O)c1ccc(C)cc1. The number of rotatable bonds is 13. The molecule has 220 valence electrons. The molecule has 3 aromatic carbocycles. The number of nitrogens with one attached hydrogen (secondary N) is 1. The molecule has 0 aliphatic rings. The van der Waals surface area contributed by atoms with Gasteiger partial charge in [-0.1, -0.05) is 67.4 Å². The number of amides is 2. The number of ether oxygens (including phenoxy) is 1. The molecule has 0 aliphatic heterocycles. The number of benzene rings is 3. The van der Waals surface area contributed by atoms with E-state index in [2.05, 4.69) is 5.32 Å². The zero-order chi connectivity index (χ0) is 30.2. The van der Waals surface area contributed by atoms with Crippen LogP contribution in [0.3, 0.4) is 0 Å². The Labute approximate surface area is 248 Å². The summed E-state index contributed by atoms with van der Waals surface area (Å²) in [5, 5.41) is 3.15. The maximum Gasteiger partial charge on any atom is 0.264 e. The van der Waals surface area contributed by atoms with Crippen molar-refractivity contribution in [3.05, 3.63) is 88.9 Å². The van der Waals surface area contributed by atoms with Crippen LogP contribution < -0.4 is 14.4 Å². The first-order chi connectivity index (χ1) is 19.5. The zero-order valence-electron chi connectivity index (χ0n) is 24.1. The highest BCUT2D eigenvalue weighted by Crippen LogP contribution is 2.31. The van der Waals surface area contributed by atoms with E-state index in [0.29, 0.717) is 12.2 Å². The molecule has 0 fully saturated rings. The van der Waals surface area contributed by atoms with E-state index in [1.165, 1.54) is 17.0 Å². The summed E-state index contributed by atoms with van der Waals surface area (Å²) in [5.74, 6) is -0.181. The molecule has 8 nitrogen and oxygen atoms in total. The standard InChI is InChI=1S/C31H38ClN3O5S/c1-6-23(4)33-31(37)28(7-2)34(20-24-14-16-25(40-5)17-15-24)30(36)21-35(29-11-9-8-10-27(29)32)41(38,39)26-18-12-22(3)13-19-26/h8-19,23,28H,6-7,20-21H2,1-5H3,(H,33,37). The maximum atomic E-state index is 14.1. The highest BCUT2D eigenvalue weighted by molar-refractivity contribution is 7.92. The fraction of sp³-hybridized carbons (Fsp3) is 0.355. The molecular formula is C31H38ClN3O5S. The molecule has 2 atom stereocenters. The van der Waals surface area contributed by atoms with Gasteiger partial charge in [-0.05, 0) is 68.7 Å². The minimum atomic E-state index is -4.20. The highest BCUT2D eigenvalue weighted by Gasteiger charge is 2.34. The number of sulfonamides is 1. The first-order valence-corrected chi connectivity index (χ1v) is 15.4. The molecule has 10 heteroatoms. The minimum Gasteiger partial charge on any atom is -0.497 e. The Hall–Kier alpha value is -3.56. The van der Waals surface area contributed by atoms with E-state index < -0.39 is 28.5 Å². The second-order valence-corrected chi connectivity index (χ2v) is 12.2. The van der Waals surface area contributed by atoms with Crippen molar-refractivity contribution in [2.75, 3.05) is 18.0 Å². The molecule has 0 bridgehead atoms. The number of hydrogen-bond donors (Lipinski definition) is 1. The second-order valence-electron chi connectivity index (χ2n) is 9.89. The normalized spacial score (nSPS) is 12.7. The molecule has 0 heterocycles. The van der Waals surface area contributed by atoms with Gasteiger partial charge in [0.05, 0.1) is 22.7 Å². The Balaban J connectivity index is 2.06. The van der Waals surface area contributed by atoms with Gasteiger partial charge in [0, 0.05) is 12.6 Å². The summed E-state index contributed by atoms with van der Waals surface area (Å²) in [6, 6.07) is 19.1. The Morgan fingerprint density at radius 2 is 1.59 bits per heavy atom. The molecule has 2 amide bonds. The highest BCUT2D eigenvalue weighted by atomic mass is 35.5. The predicted octanol–water partition coefficient (Wildman–Crippen LogP) is 5.57. The van der Waals surface area contributed by atoms with Crippen LogP contribution in [0.1, 0.15) is 44.7 Å². The maximum absolute atomic E-state index is 14.1. The Morgan fingerprint density at radius 3 is 2.15 bits per heavy atom. The van der Waals surface area contributed by atoms with Gasteiger partial charge in [-0.2, -0.15) is 0 Å². The van der Waals surface area contributed by atoms with E-state index in [-0.39, 0.29) is 34.1 Å². The van der Waals surface area contributed by atoms with Crippen LogP contribution in [0.25, 0.3) is 0 Å². The molecule has 0 radical (unpaired) electrons. The van der Waals surface area contributed by atoms with Crippen molar-refractivity contribution in [1.29, 1.82) is 0 Å². The van der Waals surface area contributed by atoms with Crippen LogP contribution in [0.2, 0.25) is 5.02 Å². The van der Waals surface area contributed by atoms with Gasteiger partial charge in [0.1, 0.15) is 18.3 Å². The molecule has 0 saturated carbocycles. The largest absolute Gasteiger partial charge is 0.497 e. The lowest BCUT2D eigenvalue weighted by atomic mass is 10.1. The van der Waals surface area contributed by atoms with Crippen LogP contribution in [0.5, 0.6) is 5.75 Å². The molecular weight excluding hydrogens is 562 g/mol. The quantitative estimate of drug-likeness (QED) is 0.277. The Bertz CT molecular complexity index is 1430. The van der Waals surface area contributed by atoms with Crippen LogP contribution in [0, 0.1) is 6.92 Å².